The summed E-state index contributed by atoms with van der Waals surface area (Å²) in [6.07, 6.45) is 11.5. The van der Waals surface area contributed by atoms with Gasteiger partial charge in [-0.05, 0) is 74.5 Å². The third-order valence-electron chi connectivity index (χ3n) is 8.28. The maximum Gasteiger partial charge on any atom is 0.277 e. The summed E-state index contributed by atoms with van der Waals surface area (Å²) in [4.78, 5) is 12.4. The largest absolute Gasteiger partial charge is 0.415 e. The van der Waals surface area contributed by atoms with E-state index in [2.05, 4.69) is 29.4 Å². The van der Waals surface area contributed by atoms with Gasteiger partial charge in [0.25, 0.3) is 5.22 Å². The minimum atomic E-state index is 0.0884. The van der Waals surface area contributed by atoms with E-state index in [1.54, 1.807) is 0 Å². The van der Waals surface area contributed by atoms with E-state index in [-0.39, 0.29) is 11.3 Å². The minimum Gasteiger partial charge on any atom is -0.415 e. The van der Waals surface area contributed by atoms with Gasteiger partial charge >= 0.3 is 0 Å². The van der Waals surface area contributed by atoms with Crippen molar-refractivity contribution in [3.63, 3.8) is 0 Å². The molecular weight excluding hydrogens is 370 g/mol. The third kappa shape index (κ3) is 3.50. The molecule has 0 saturated heterocycles. The first-order valence-electron chi connectivity index (χ1n) is 11.3. The molecule has 0 radical (unpaired) electrons. The molecule has 4 bridgehead atoms. The molecule has 1 amide bonds. The van der Waals surface area contributed by atoms with Gasteiger partial charge in [0.05, 0.1) is 5.75 Å². The highest BCUT2D eigenvalue weighted by molar-refractivity contribution is 7.99. The summed E-state index contributed by atoms with van der Waals surface area (Å²) in [6.45, 7) is 4.56. The molecule has 0 aromatic carbocycles. The number of amides is 1. The Balaban J connectivity index is 1.18. The van der Waals surface area contributed by atoms with Crippen molar-refractivity contribution in [2.24, 2.45) is 29.6 Å². The standard InChI is InChI=1S/C22H33N3O2S/c1-13-4-3-5-18(14(13)2)23-19(26)12-28-21-25-24-20(27-21)22-9-15-6-16(10-22)8-17(7-15)11-22/h13-18H,3-12H2,1-2H3,(H,23,26)/t13-,14-,15?,16?,17?,18+,22?/m1/s1. The van der Waals surface area contributed by atoms with Gasteiger partial charge in [0.1, 0.15) is 0 Å². The van der Waals surface area contributed by atoms with Gasteiger partial charge in [-0.25, -0.2) is 0 Å². The Labute approximate surface area is 172 Å². The molecule has 0 spiro atoms. The van der Waals surface area contributed by atoms with Crippen LogP contribution in [0.3, 0.4) is 0 Å². The Hall–Kier alpha value is -1.04. The van der Waals surface area contributed by atoms with Crippen molar-refractivity contribution in [1.29, 1.82) is 0 Å². The molecule has 1 heterocycles. The van der Waals surface area contributed by atoms with Crippen molar-refractivity contribution >= 4 is 17.7 Å². The predicted octanol–water partition coefficient (Wildman–Crippen LogP) is 4.57. The number of aromatic nitrogens is 2. The minimum absolute atomic E-state index is 0.0884. The predicted molar refractivity (Wildman–Crippen MR) is 109 cm³/mol. The fourth-order valence-corrected chi connectivity index (χ4v) is 7.59. The Morgan fingerprint density at radius 3 is 2.46 bits per heavy atom. The summed E-state index contributed by atoms with van der Waals surface area (Å²) < 4.78 is 6.11. The van der Waals surface area contributed by atoms with Crippen molar-refractivity contribution in [1.82, 2.24) is 15.5 Å². The fraction of sp³-hybridized carbons (Fsp3) is 0.864. The smallest absolute Gasteiger partial charge is 0.277 e. The van der Waals surface area contributed by atoms with Gasteiger partial charge in [-0.2, -0.15) is 0 Å². The Kier molecular flexibility index (Phi) is 4.96. The van der Waals surface area contributed by atoms with E-state index in [1.165, 1.54) is 63.1 Å². The number of carbonyl (C=O) groups excluding carboxylic acids is 1. The lowest BCUT2D eigenvalue weighted by molar-refractivity contribution is -0.120. The van der Waals surface area contributed by atoms with Crippen LogP contribution in [0.4, 0.5) is 0 Å². The summed E-state index contributed by atoms with van der Waals surface area (Å²) in [5.41, 5.74) is 0.135. The first-order valence-corrected chi connectivity index (χ1v) is 12.3. The lowest BCUT2D eigenvalue weighted by atomic mass is 9.49. The summed E-state index contributed by atoms with van der Waals surface area (Å²) in [7, 11) is 0. The molecule has 3 atom stereocenters. The van der Waals surface area contributed by atoms with Crippen LogP contribution in [0.5, 0.6) is 0 Å². The van der Waals surface area contributed by atoms with E-state index in [0.717, 1.165) is 30.1 Å². The molecule has 1 N–H and O–H groups in total. The number of rotatable bonds is 5. The molecular formula is C22H33N3O2S. The second-order valence-corrected chi connectivity index (χ2v) is 11.2. The van der Waals surface area contributed by atoms with Crippen LogP contribution in [0, 0.1) is 29.6 Å². The molecule has 154 valence electrons. The zero-order valence-electron chi connectivity index (χ0n) is 17.2. The number of nitrogens with zero attached hydrogens (tertiary/aromatic N) is 2. The topological polar surface area (TPSA) is 68.0 Å². The van der Waals surface area contributed by atoms with E-state index in [4.69, 9.17) is 4.42 Å². The molecule has 5 saturated carbocycles. The van der Waals surface area contributed by atoms with E-state index >= 15 is 0 Å². The maximum absolute atomic E-state index is 12.4. The van der Waals surface area contributed by atoms with Gasteiger partial charge in [0, 0.05) is 11.5 Å². The second-order valence-electron chi connectivity index (χ2n) is 10.3. The normalized spacial score (nSPS) is 41.9. The van der Waals surface area contributed by atoms with Gasteiger partial charge in [0.15, 0.2) is 0 Å². The summed E-state index contributed by atoms with van der Waals surface area (Å²) in [6, 6.07) is 0.308. The van der Waals surface area contributed by atoms with Crippen LogP contribution in [-0.4, -0.2) is 27.9 Å². The van der Waals surface area contributed by atoms with Crippen molar-refractivity contribution in [3.05, 3.63) is 5.89 Å². The van der Waals surface area contributed by atoms with Crippen LogP contribution in [0.2, 0.25) is 0 Å². The Morgan fingerprint density at radius 2 is 1.79 bits per heavy atom. The third-order valence-corrected chi connectivity index (χ3v) is 9.10. The summed E-state index contributed by atoms with van der Waals surface area (Å²) in [5.74, 6) is 5.12. The van der Waals surface area contributed by atoms with Gasteiger partial charge in [-0.3, -0.25) is 4.79 Å². The number of thioether (sulfide) groups is 1. The van der Waals surface area contributed by atoms with Crippen LogP contribution < -0.4 is 5.32 Å². The lowest BCUT2D eigenvalue weighted by Crippen LogP contribution is -2.48. The zero-order chi connectivity index (χ0) is 19.3. The molecule has 6 rings (SSSR count). The average molecular weight is 404 g/mol. The van der Waals surface area contributed by atoms with Gasteiger partial charge in [0.2, 0.25) is 11.8 Å². The highest BCUT2D eigenvalue weighted by Gasteiger charge is 2.54. The van der Waals surface area contributed by atoms with Crippen LogP contribution >= 0.6 is 11.8 Å². The number of hydrogen-bond donors (Lipinski definition) is 1. The van der Waals surface area contributed by atoms with Gasteiger partial charge in [-0.15, -0.1) is 10.2 Å². The van der Waals surface area contributed by atoms with E-state index in [1.807, 2.05) is 0 Å². The van der Waals surface area contributed by atoms with Crippen LogP contribution in [-0.2, 0) is 10.2 Å². The molecule has 0 aliphatic heterocycles. The summed E-state index contributed by atoms with van der Waals surface area (Å²) in [5, 5.41) is 12.5. The Morgan fingerprint density at radius 1 is 1.11 bits per heavy atom. The molecule has 28 heavy (non-hydrogen) atoms. The van der Waals surface area contributed by atoms with Crippen LogP contribution in [0.15, 0.2) is 9.64 Å². The van der Waals surface area contributed by atoms with Gasteiger partial charge in [-0.1, -0.05) is 38.5 Å². The molecule has 6 heteroatoms. The van der Waals surface area contributed by atoms with E-state index < -0.39 is 0 Å². The first kappa shape index (κ1) is 19.0. The van der Waals surface area contributed by atoms with Crippen LogP contribution in [0.1, 0.15) is 77.5 Å². The highest BCUT2D eigenvalue weighted by Crippen LogP contribution is 2.60. The van der Waals surface area contributed by atoms with Crippen LogP contribution in [0.25, 0.3) is 0 Å². The average Bonchev–Trinajstić information content (AvgIpc) is 3.13. The van der Waals surface area contributed by atoms with Crippen molar-refractivity contribution in [3.8, 4) is 0 Å². The van der Waals surface area contributed by atoms with Crippen molar-refractivity contribution < 1.29 is 9.21 Å². The number of carbonyl (C=O) groups is 1. The SMILES string of the molecule is C[C@@H]1[C@H](C)CCC[C@@H]1NC(=O)CSc1nnc(C23CC4CC(CC(C4)C2)C3)o1. The molecule has 5 aliphatic carbocycles. The quantitative estimate of drug-likeness (QED) is 0.729. The first-order chi connectivity index (χ1) is 13.5. The molecule has 5 nitrogen and oxygen atoms in total. The van der Waals surface area contributed by atoms with E-state index in [0.29, 0.717) is 28.9 Å². The molecule has 1 aromatic rings. The van der Waals surface area contributed by atoms with Crippen molar-refractivity contribution in [2.45, 2.75) is 88.3 Å². The lowest BCUT2D eigenvalue weighted by Gasteiger charge is -2.55. The van der Waals surface area contributed by atoms with E-state index in [9.17, 15) is 4.79 Å². The Bertz CT molecular complexity index is 698. The zero-order valence-corrected chi connectivity index (χ0v) is 18.0. The van der Waals surface area contributed by atoms with Crippen molar-refractivity contribution in [2.75, 3.05) is 5.75 Å². The van der Waals surface area contributed by atoms with Gasteiger partial charge < -0.3 is 9.73 Å². The molecule has 0 unspecified atom stereocenters. The molecule has 1 aromatic heterocycles. The molecule has 5 fully saturated rings. The second kappa shape index (κ2) is 7.33. The maximum atomic E-state index is 12.4. The highest BCUT2D eigenvalue weighted by atomic mass is 32.2. The molecule has 5 aliphatic rings. The summed E-state index contributed by atoms with van der Waals surface area (Å²) >= 11 is 1.39. The number of hydrogen-bond acceptors (Lipinski definition) is 5. The monoisotopic (exact) mass is 403 g/mol. The fourth-order valence-electron chi connectivity index (χ4n) is 7.02. The number of nitrogens with one attached hydrogen (secondary N) is 1.